The number of carboxylic acid groups (broad SMARTS) is 1. The van der Waals surface area contributed by atoms with E-state index in [1.54, 1.807) is 142 Å². The van der Waals surface area contributed by atoms with Crippen molar-refractivity contribution < 1.29 is 90.9 Å². The predicted molar refractivity (Wildman–Crippen MR) is 412 cm³/mol. The Bertz CT molecular complexity index is 3580. The Morgan fingerprint density at radius 1 is 0.450 bits per heavy atom. The van der Waals surface area contributed by atoms with Gasteiger partial charge in [-0.25, -0.2) is 14.4 Å². The fourth-order valence-electron chi connectivity index (χ4n) is 11.0. The summed E-state index contributed by atoms with van der Waals surface area (Å²) in [5.41, 5.74) is -1.06. The Morgan fingerprint density at radius 3 is 1.28 bits per heavy atom. The molecule has 0 aliphatic rings. The Hall–Kier alpha value is -9.11. The average Bonchev–Trinajstić information content (AvgIpc) is 0.829. The molecule has 0 fully saturated rings. The number of carboxylic acids is 1. The minimum absolute atomic E-state index is 0.0463. The van der Waals surface area contributed by atoms with E-state index in [0.29, 0.717) is 91.0 Å². The monoisotopic (exact) mass is 1520 g/mol. The second-order valence-corrected chi connectivity index (χ2v) is 33.2. The third-order valence-electron chi connectivity index (χ3n) is 16.2. The Kier molecular flexibility index (Phi) is 36.7. The van der Waals surface area contributed by atoms with Crippen LogP contribution in [0.25, 0.3) is 0 Å². The second-order valence-electron chi connectivity index (χ2n) is 33.2. The van der Waals surface area contributed by atoms with Crippen LogP contribution in [0.4, 0.5) is 4.79 Å². The smallest absolute Gasteiger partial charge is 0.329 e. The van der Waals surface area contributed by atoms with Crippen LogP contribution in [-0.4, -0.2) is 172 Å². The van der Waals surface area contributed by atoms with Crippen molar-refractivity contribution in [2.75, 3.05) is 53.5 Å². The molecule has 3 atom stereocenters. The zero-order valence-electron chi connectivity index (χ0n) is 68.3. The number of hydrogen-bond donors (Lipinski definition) is 5. The van der Waals surface area contributed by atoms with Gasteiger partial charge in [-0.1, -0.05) is 51.5 Å². The average molecular weight is 1530 g/mol. The van der Waals surface area contributed by atoms with Gasteiger partial charge >= 0.3 is 41.8 Å². The first kappa shape index (κ1) is 92.3. The molecule has 1 unspecified atom stereocenters. The van der Waals surface area contributed by atoms with E-state index >= 15 is 0 Å². The molecule has 0 saturated carbocycles. The number of ether oxygens (including phenoxy) is 9. The zero-order chi connectivity index (χ0) is 81.5. The van der Waals surface area contributed by atoms with Crippen molar-refractivity contribution >= 4 is 53.7 Å². The standard InChI is InChI=1S/C82H124N8O19/c1-77(2,3)61(73(96)97)48-58-33-41-67(104-54-56-30-37-60(102-20)38-31-56)65(86-58)50-90(52-72(95)107-80(10,11)12)47-46-89(51-71(94)106-79(7,8)9)49-64-66(103-53-55-28-35-59(101-19)36-29-55)40-32-57(85-64)34-42-69(92)84-44-24-21-22-27-68(91)83-45-25-23-26-62(74(98)108-81(13,14)15)87-76(100)88-63(75(99)109-82(16,17)18)39-43-70(93)105-78(4,5)6/h28-33,35-38,40-41,61-63H,21-27,34,39,42-54H2,1-20H3,(H,83,91)(H,84,92)(H,96,97)(H2,87,88,100)/t61?,62-,63-/m0/s1. The third kappa shape index (κ3) is 39.2. The molecule has 0 saturated heterocycles. The number of benzene rings is 2. The Morgan fingerprint density at radius 2 is 0.853 bits per heavy atom. The van der Waals surface area contributed by atoms with Crippen molar-refractivity contribution in [3.63, 3.8) is 0 Å². The first-order valence-electron chi connectivity index (χ1n) is 37.6. The van der Waals surface area contributed by atoms with Gasteiger partial charge in [0.25, 0.3) is 0 Å². The molecule has 0 aliphatic heterocycles. The van der Waals surface area contributed by atoms with E-state index in [-0.39, 0.29) is 109 Å². The summed E-state index contributed by atoms with van der Waals surface area (Å²) in [4.78, 5) is 133. The summed E-state index contributed by atoms with van der Waals surface area (Å²) in [6.07, 6.45) is 3.32. The molecule has 5 N–H and O–H groups in total. The lowest BCUT2D eigenvalue weighted by atomic mass is 9.78. The summed E-state index contributed by atoms with van der Waals surface area (Å²) in [5.74, 6) is -2.93. The van der Waals surface area contributed by atoms with Crippen LogP contribution in [0.2, 0.25) is 0 Å². The number of unbranched alkanes of at least 4 members (excludes halogenated alkanes) is 3. The lowest BCUT2D eigenvalue weighted by Gasteiger charge is -2.30. The quantitative estimate of drug-likeness (QED) is 0.0156. The Balaban J connectivity index is 1.46. The lowest BCUT2D eigenvalue weighted by molar-refractivity contribution is -0.159. The van der Waals surface area contributed by atoms with Crippen molar-refractivity contribution in [1.82, 2.24) is 41.0 Å². The molecule has 27 heteroatoms. The number of esters is 5. The van der Waals surface area contributed by atoms with Crippen molar-refractivity contribution in [1.29, 1.82) is 0 Å². The van der Waals surface area contributed by atoms with Crippen molar-refractivity contribution in [2.45, 2.75) is 268 Å². The number of amides is 4. The number of nitrogens with one attached hydrogen (secondary N) is 4. The summed E-state index contributed by atoms with van der Waals surface area (Å²) in [7, 11) is 3.17. The number of carbonyl (C=O) groups excluding carboxylic acids is 8. The topological polar surface area (TPSA) is 337 Å². The van der Waals surface area contributed by atoms with E-state index in [1.807, 2.05) is 79.1 Å². The SMILES string of the molecule is COc1ccc(COc2ccc(CCC(=O)NCCCCCC(=O)NCCCC[C@H](NC(=O)N[C@@H](CCC(=O)OC(C)(C)C)C(=O)OC(C)(C)C)C(=O)OC(C)(C)C)nc2CN(CCN(CC(=O)OC(C)(C)C)Cc2nc(CC(C(=O)O)C(C)(C)C)ccc2OCc2ccc(OC)cc2)CC(=O)OC(C)(C)C)cc1. The molecule has 4 rings (SSSR count). The molecule has 2 heterocycles. The highest BCUT2D eigenvalue weighted by atomic mass is 16.6. The van der Waals surface area contributed by atoms with Gasteiger partial charge in [0.2, 0.25) is 11.8 Å². The molecule has 0 spiro atoms. The van der Waals surface area contributed by atoms with E-state index in [4.69, 9.17) is 52.6 Å². The summed E-state index contributed by atoms with van der Waals surface area (Å²) >= 11 is 0. The van der Waals surface area contributed by atoms with Gasteiger partial charge in [0.05, 0.1) is 44.6 Å². The van der Waals surface area contributed by atoms with Crippen molar-refractivity contribution in [3.8, 4) is 23.0 Å². The summed E-state index contributed by atoms with van der Waals surface area (Å²) in [6, 6.07) is 18.8. The molecule has 4 aromatic rings. The van der Waals surface area contributed by atoms with Gasteiger partial charge in [0, 0.05) is 76.3 Å². The van der Waals surface area contributed by atoms with Gasteiger partial charge in [-0.15, -0.1) is 0 Å². The number of aromatic nitrogens is 2. The number of carbonyl (C=O) groups is 9. The van der Waals surface area contributed by atoms with E-state index < -0.39 is 93.3 Å². The fourth-order valence-corrected chi connectivity index (χ4v) is 11.0. The summed E-state index contributed by atoms with van der Waals surface area (Å²) in [6.45, 7) is 32.6. The summed E-state index contributed by atoms with van der Waals surface area (Å²) < 4.78 is 52.0. The number of pyridine rings is 2. The maximum atomic E-state index is 14.0. The Labute approximate surface area is 645 Å². The minimum Gasteiger partial charge on any atom is -0.497 e. The highest BCUT2D eigenvalue weighted by molar-refractivity contribution is 5.88. The third-order valence-corrected chi connectivity index (χ3v) is 16.2. The van der Waals surface area contributed by atoms with Crippen LogP contribution in [0, 0.1) is 11.3 Å². The lowest BCUT2D eigenvalue weighted by Crippen LogP contribution is -2.53. The van der Waals surface area contributed by atoms with E-state index in [0.717, 1.165) is 11.1 Å². The molecule has 109 heavy (non-hydrogen) atoms. The second kappa shape index (κ2) is 43.3. The van der Waals surface area contributed by atoms with E-state index in [9.17, 15) is 48.3 Å². The van der Waals surface area contributed by atoms with Gasteiger partial charge in [-0.3, -0.25) is 48.5 Å². The van der Waals surface area contributed by atoms with Gasteiger partial charge in [-0.2, -0.15) is 0 Å². The van der Waals surface area contributed by atoms with Crippen LogP contribution in [-0.2, 0) is 101 Å². The van der Waals surface area contributed by atoms with Crippen LogP contribution in [0.3, 0.4) is 0 Å². The molecule has 0 radical (unpaired) electrons. The fraction of sp³-hybridized carbons (Fsp3) is 0.622. The number of hydrogen-bond acceptors (Lipinski definition) is 22. The van der Waals surface area contributed by atoms with Crippen LogP contribution in [0.5, 0.6) is 23.0 Å². The molecule has 606 valence electrons. The first-order valence-corrected chi connectivity index (χ1v) is 37.6. The molecule has 0 bridgehead atoms. The number of urea groups is 1. The molecular formula is C82H124N8O19. The van der Waals surface area contributed by atoms with E-state index in [1.165, 1.54) is 0 Å². The number of aryl methyl sites for hydroxylation is 1. The largest absolute Gasteiger partial charge is 0.497 e. The normalized spacial score (nSPS) is 12.9. The molecule has 4 amide bonds. The maximum absolute atomic E-state index is 14.0. The maximum Gasteiger partial charge on any atom is 0.329 e. The van der Waals surface area contributed by atoms with Crippen molar-refractivity contribution in [2.24, 2.45) is 11.3 Å². The van der Waals surface area contributed by atoms with Crippen LogP contribution in [0.15, 0.2) is 72.8 Å². The molecule has 27 nitrogen and oxygen atoms in total. The summed E-state index contributed by atoms with van der Waals surface area (Å²) in [5, 5.41) is 21.5. The first-order chi connectivity index (χ1) is 50.7. The number of nitrogens with zero attached hydrogens (tertiary/aromatic N) is 4. The highest BCUT2D eigenvalue weighted by Crippen LogP contribution is 2.32. The minimum atomic E-state index is -1.23. The number of aliphatic carboxylic acids is 1. The van der Waals surface area contributed by atoms with Gasteiger partial charge < -0.3 is 69.0 Å². The van der Waals surface area contributed by atoms with Gasteiger partial charge in [0.1, 0.15) is 76.3 Å². The van der Waals surface area contributed by atoms with Gasteiger partial charge in [0.15, 0.2) is 0 Å². The van der Waals surface area contributed by atoms with E-state index in [2.05, 4.69) is 21.3 Å². The molecular weight excluding hydrogens is 1400 g/mol. The molecule has 2 aromatic heterocycles. The number of methoxy groups -OCH3 is 2. The zero-order valence-corrected chi connectivity index (χ0v) is 68.3. The number of rotatable bonds is 43. The highest BCUT2D eigenvalue weighted by Gasteiger charge is 2.35. The molecule has 0 aliphatic carbocycles. The van der Waals surface area contributed by atoms with Crippen molar-refractivity contribution in [3.05, 3.63) is 107 Å². The van der Waals surface area contributed by atoms with Gasteiger partial charge in [-0.05, 0) is 214 Å². The van der Waals surface area contributed by atoms with Crippen LogP contribution >= 0.6 is 0 Å². The molecule has 2 aromatic carbocycles. The van der Waals surface area contributed by atoms with Crippen LogP contribution in [0.1, 0.15) is 223 Å². The predicted octanol–water partition coefficient (Wildman–Crippen LogP) is 11.7. The van der Waals surface area contributed by atoms with Crippen LogP contribution < -0.4 is 40.2 Å².